The first kappa shape index (κ1) is 13.6. The number of amides is 1. The molecule has 17 heavy (non-hydrogen) atoms. The Hall–Kier alpha value is -1.42. The SMILES string of the molecule is CC(C)C(=O)N(CCCN)c1ccccc1F. The van der Waals surface area contributed by atoms with E-state index in [1.165, 1.54) is 11.0 Å². The first-order chi connectivity index (χ1) is 8.07. The second-order valence-corrected chi connectivity index (χ2v) is 4.24. The van der Waals surface area contributed by atoms with Crippen LogP contribution in [-0.2, 0) is 4.79 Å². The first-order valence-electron chi connectivity index (χ1n) is 5.84. The lowest BCUT2D eigenvalue weighted by Crippen LogP contribution is -2.36. The van der Waals surface area contributed by atoms with Crippen molar-refractivity contribution in [2.45, 2.75) is 20.3 Å². The molecule has 0 bridgehead atoms. The minimum atomic E-state index is -0.376. The molecule has 1 aromatic rings. The molecule has 0 aromatic heterocycles. The van der Waals surface area contributed by atoms with Crippen LogP contribution in [0, 0.1) is 11.7 Å². The second-order valence-electron chi connectivity index (χ2n) is 4.24. The number of nitrogens with zero attached hydrogens (tertiary/aromatic N) is 1. The van der Waals surface area contributed by atoms with Gasteiger partial charge in [-0.05, 0) is 25.1 Å². The monoisotopic (exact) mass is 238 g/mol. The lowest BCUT2D eigenvalue weighted by molar-refractivity contribution is -0.121. The Morgan fingerprint density at radius 3 is 2.59 bits per heavy atom. The summed E-state index contributed by atoms with van der Waals surface area (Å²) >= 11 is 0. The van der Waals surface area contributed by atoms with E-state index in [0.29, 0.717) is 25.2 Å². The van der Waals surface area contributed by atoms with E-state index >= 15 is 0 Å². The van der Waals surface area contributed by atoms with Gasteiger partial charge >= 0.3 is 0 Å². The quantitative estimate of drug-likeness (QED) is 0.854. The second kappa shape index (κ2) is 6.35. The fourth-order valence-electron chi connectivity index (χ4n) is 1.58. The number of nitrogens with two attached hydrogens (primary N) is 1. The standard InChI is InChI=1S/C13H19FN2O/c1-10(2)13(17)16(9-5-8-15)12-7-4-3-6-11(12)14/h3-4,6-7,10H,5,8-9,15H2,1-2H3. The first-order valence-corrected chi connectivity index (χ1v) is 5.84. The summed E-state index contributed by atoms with van der Waals surface area (Å²) in [6.07, 6.45) is 0.660. The predicted molar refractivity (Wildman–Crippen MR) is 67.3 cm³/mol. The third-order valence-corrected chi connectivity index (χ3v) is 2.49. The molecule has 0 aliphatic carbocycles. The minimum absolute atomic E-state index is 0.0800. The van der Waals surface area contributed by atoms with Gasteiger partial charge in [-0.15, -0.1) is 0 Å². The molecule has 0 fully saturated rings. The van der Waals surface area contributed by atoms with Gasteiger partial charge in [0.25, 0.3) is 0 Å². The average molecular weight is 238 g/mol. The number of benzene rings is 1. The normalized spacial score (nSPS) is 10.6. The topological polar surface area (TPSA) is 46.3 Å². The van der Waals surface area contributed by atoms with Gasteiger partial charge in [0, 0.05) is 12.5 Å². The summed E-state index contributed by atoms with van der Waals surface area (Å²) in [5, 5.41) is 0. The number of carbonyl (C=O) groups is 1. The number of anilines is 1. The smallest absolute Gasteiger partial charge is 0.229 e. The lowest BCUT2D eigenvalue weighted by Gasteiger charge is -2.24. The van der Waals surface area contributed by atoms with Gasteiger partial charge in [-0.2, -0.15) is 0 Å². The van der Waals surface area contributed by atoms with Crippen LogP contribution in [0.1, 0.15) is 20.3 Å². The van der Waals surface area contributed by atoms with Gasteiger partial charge in [0.15, 0.2) is 0 Å². The Labute approximate surface area is 101 Å². The van der Waals surface area contributed by atoms with E-state index in [0.717, 1.165) is 0 Å². The Bertz CT molecular complexity index is 379. The Kier molecular flexibility index (Phi) is 5.10. The highest BCUT2D eigenvalue weighted by Crippen LogP contribution is 2.20. The fourth-order valence-corrected chi connectivity index (χ4v) is 1.58. The molecule has 0 saturated heterocycles. The zero-order valence-corrected chi connectivity index (χ0v) is 10.3. The van der Waals surface area contributed by atoms with Gasteiger partial charge < -0.3 is 10.6 Å². The van der Waals surface area contributed by atoms with Gasteiger partial charge in [0.1, 0.15) is 5.82 Å². The molecule has 1 rings (SSSR count). The summed E-state index contributed by atoms with van der Waals surface area (Å²) in [6.45, 7) is 4.54. The van der Waals surface area contributed by atoms with Crippen molar-refractivity contribution in [3.63, 3.8) is 0 Å². The van der Waals surface area contributed by atoms with Crippen molar-refractivity contribution < 1.29 is 9.18 Å². The summed E-state index contributed by atoms with van der Waals surface area (Å²) in [5.41, 5.74) is 5.77. The highest BCUT2D eigenvalue weighted by atomic mass is 19.1. The maximum Gasteiger partial charge on any atom is 0.229 e. The minimum Gasteiger partial charge on any atom is -0.330 e. The summed E-state index contributed by atoms with van der Waals surface area (Å²) in [5.74, 6) is -0.616. The summed E-state index contributed by atoms with van der Waals surface area (Å²) in [4.78, 5) is 13.5. The maximum atomic E-state index is 13.7. The van der Waals surface area contributed by atoms with Crippen molar-refractivity contribution in [3.8, 4) is 0 Å². The Morgan fingerprint density at radius 2 is 2.06 bits per heavy atom. The molecule has 4 heteroatoms. The lowest BCUT2D eigenvalue weighted by atomic mass is 10.1. The van der Waals surface area contributed by atoms with Crippen LogP contribution in [0.5, 0.6) is 0 Å². The van der Waals surface area contributed by atoms with Crippen LogP contribution >= 0.6 is 0 Å². The van der Waals surface area contributed by atoms with Crippen LogP contribution in [0.3, 0.4) is 0 Å². The molecular formula is C13H19FN2O. The van der Waals surface area contributed by atoms with Crippen LogP contribution in [-0.4, -0.2) is 19.0 Å². The molecular weight excluding hydrogens is 219 g/mol. The van der Waals surface area contributed by atoms with Gasteiger partial charge in [0.2, 0.25) is 5.91 Å². The molecule has 0 atom stereocenters. The molecule has 94 valence electrons. The molecule has 0 unspecified atom stereocenters. The Balaban J connectivity index is 2.98. The summed E-state index contributed by atoms with van der Waals surface area (Å²) in [7, 11) is 0. The highest BCUT2D eigenvalue weighted by Gasteiger charge is 2.20. The van der Waals surface area contributed by atoms with Crippen molar-refractivity contribution in [2.24, 2.45) is 11.7 Å². The van der Waals surface area contributed by atoms with E-state index in [1.54, 1.807) is 32.0 Å². The van der Waals surface area contributed by atoms with Crippen molar-refractivity contribution >= 4 is 11.6 Å². The molecule has 1 aromatic carbocycles. The third kappa shape index (κ3) is 3.53. The molecule has 2 N–H and O–H groups in total. The molecule has 0 heterocycles. The van der Waals surface area contributed by atoms with E-state index in [1.807, 2.05) is 0 Å². The van der Waals surface area contributed by atoms with E-state index in [9.17, 15) is 9.18 Å². The Morgan fingerprint density at radius 1 is 1.41 bits per heavy atom. The van der Waals surface area contributed by atoms with Gasteiger partial charge in [-0.1, -0.05) is 26.0 Å². The zero-order chi connectivity index (χ0) is 12.8. The number of hydrogen-bond donors (Lipinski definition) is 1. The highest BCUT2D eigenvalue weighted by molar-refractivity contribution is 5.94. The number of hydrogen-bond acceptors (Lipinski definition) is 2. The number of halogens is 1. The number of para-hydroxylation sites is 1. The average Bonchev–Trinajstić information content (AvgIpc) is 2.31. The molecule has 0 aliphatic rings. The van der Waals surface area contributed by atoms with E-state index in [4.69, 9.17) is 5.73 Å². The summed E-state index contributed by atoms with van der Waals surface area (Å²) in [6, 6.07) is 6.31. The van der Waals surface area contributed by atoms with Crippen molar-refractivity contribution in [1.82, 2.24) is 0 Å². The van der Waals surface area contributed by atoms with E-state index < -0.39 is 0 Å². The van der Waals surface area contributed by atoms with Crippen LogP contribution in [0.25, 0.3) is 0 Å². The van der Waals surface area contributed by atoms with Crippen LogP contribution in [0.4, 0.5) is 10.1 Å². The van der Waals surface area contributed by atoms with Gasteiger partial charge in [-0.3, -0.25) is 4.79 Å². The third-order valence-electron chi connectivity index (χ3n) is 2.49. The fraction of sp³-hybridized carbons (Fsp3) is 0.462. The van der Waals surface area contributed by atoms with Crippen LogP contribution in [0.2, 0.25) is 0 Å². The molecule has 3 nitrogen and oxygen atoms in total. The predicted octanol–water partition coefficient (Wildman–Crippen LogP) is 2.16. The molecule has 0 saturated carbocycles. The van der Waals surface area contributed by atoms with Crippen LogP contribution < -0.4 is 10.6 Å². The molecule has 1 amide bonds. The van der Waals surface area contributed by atoms with Crippen molar-refractivity contribution in [1.29, 1.82) is 0 Å². The molecule has 0 spiro atoms. The van der Waals surface area contributed by atoms with E-state index in [2.05, 4.69) is 0 Å². The van der Waals surface area contributed by atoms with Crippen LogP contribution in [0.15, 0.2) is 24.3 Å². The maximum absolute atomic E-state index is 13.7. The molecule has 0 radical (unpaired) electrons. The van der Waals surface area contributed by atoms with Crippen molar-refractivity contribution in [2.75, 3.05) is 18.0 Å². The molecule has 0 aliphatic heterocycles. The summed E-state index contributed by atoms with van der Waals surface area (Å²) < 4.78 is 13.7. The van der Waals surface area contributed by atoms with Gasteiger partial charge in [-0.25, -0.2) is 4.39 Å². The largest absolute Gasteiger partial charge is 0.330 e. The van der Waals surface area contributed by atoms with E-state index in [-0.39, 0.29) is 17.6 Å². The zero-order valence-electron chi connectivity index (χ0n) is 10.3. The van der Waals surface area contributed by atoms with Crippen molar-refractivity contribution in [3.05, 3.63) is 30.1 Å². The number of rotatable bonds is 5. The number of carbonyl (C=O) groups excluding carboxylic acids is 1. The van der Waals surface area contributed by atoms with Gasteiger partial charge in [0.05, 0.1) is 5.69 Å².